The van der Waals surface area contributed by atoms with Gasteiger partial charge in [-0.3, -0.25) is 0 Å². The van der Waals surface area contributed by atoms with Crippen molar-refractivity contribution in [1.29, 1.82) is 0 Å². The number of benzene rings is 1. The van der Waals surface area contributed by atoms with Crippen LogP contribution >= 0.6 is 0 Å². The van der Waals surface area contributed by atoms with Gasteiger partial charge in [0.15, 0.2) is 0 Å². The van der Waals surface area contributed by atoms with E-state index in [4.69, 9.17) is 6.42 Å². The minimum Gasteiger partial charge on any atom is -0.309 e. The molecule has 1 nitrogen and oxygen atoms in total. The maximum atomic E-state index is 12.9. The fourth-order valence-electron chi connectivity index (χ4n) is 2.30. The first-order chi connectivity index (χ1) is 8.31. The van der Waals surface area contributed by atoms with Crippen LogP contribution in [0.5, 0.6) is 0 Å². The van der Waals surface area contributed by atoms with Crippen molar-refractivity contribution in [1.82, 2.24) is 5.32 Å². The van der Waals surface area contributed by atoms with Crippen LogP contribution in [-0.2, 0) is 0 Å². The van der Waals surface area contributed by atoms with Gasteiger partial charge in [0, 0.05) is 19.0 Å². The lowest BCUT2D eigenvalue weighted by molar-refractivity contribution is 0.232. The Morgan fingerprint density at radius 1 is 1.35 bits per heavy atom. The lowest BCUT2D eigenvalue weighted by atomic mass is 9.77. The Labute approximate surface area is 102 Å². The molecule has 0 heterocycles. The molecule has 0 bridgehead atoms. The molecule has 1 aliphatic carbocycles. The predicted molar refractivity (Wildman–Crippen MR) is 67.9 cm³/mol. The quantitative estimate of drug-likeness (QED) is 0.605. The third-order valence-electron chi connectivity index (χ3n) is 3.48. The topological polar surface area (TPSA) is 12.0 Å². The van der Waals surface area contributed by atoms with Gasteiger partial charge >= 0.3 is 0 Å². The van der Waals surface area contributed by atoms with Crippen LogP contribution in [0.4, 0.5) is 4.39 Å². The SMILES string of the molecule is C#CCCNC(c1ccc(F)cc1)C1CCC1. The smallest absolute Gasteiger partial charge is 0.123 e. The number of hydrogen-bond donors (Lipinski definition) is 1. The monoisotopic (exact) mass is 231 g/mol. The molecule has 2 heteroatoms. The van der Waals surface area contributed by atoms with Gasteiger partial charge < -0.3 is 5.32 Å². The fraction of sp³-hybridized carbons (Fsp3) is 0.467. The normalized spacial score (nSPS) is 17.2. The van der Waals surface area contributed by atoms with E-state index in [-0.39, 0.29) is 5.82 Å². The van der Waals surface area contributed by atoms with Crippen LogP contribution < -0.4 is 5.32 Å². The summed E-state index contributed by atoms with van der Waals surface area (Å²) >= 11 is 0. The number of halogens is 1. The van der Waals surface area contributed by atoms with E-state index in [1.165, 1.54) is 37.0 Å². The van der Waals surface area contributed by atoms with Gasteiger partial charge in [-0.2, -0.15) is 0 Å². The van der Waals surface area contributed by atoms with Crippen molar-refractivity contribution in [3.05, 3.63) is 35.6 Å². The van der Waals surface area contributed by atoms with E-state index in [2.05, 4.69) is 11.2 Å². The zero-order valence-corrected chi connectivity index (χ0v) is 9.95. The molecule has 1 aromatic carbocycles. The van der Waals surface area contributed by atoms with Crippen molar-refractivity contribution in [2.24, 2.45) is 5.92 Å². The fourth-order valence-corrected chi connectivity index (χ4v) is 2.30. The molecule has 1 aliphatic rings. The van der Waals surface area contributed by atoms with Crippen LogP contribution in [0.15, 0.2) is 24.3 Å². The summed E-state index contributed by atoms with van der Waals surface area (Å²) in [5.41, 5.74) is 1.17. The highest BCUT2D eigenvalue weighted by molar-refractivity contribution is 5.21. The molecule has 1 unspecified atom stereocenters. The van der Waals surface area contributed by atoms with Crippen molar-refractivity contribution >= 4 is 0 Å². The summed E-state index contributed by atoms with van der Waals surface area (Å²) in [6.07, 6.45) is 9.81. The summed E-state index contributed by atoms with van der Waals surface area (Å²) in [5, 5.41) is 3.49. The number of terminal acetylenes is 1. The summed E-state index contributed by atoms with van der Waals surface area (Å²) in [6.45, 7) is 0.828. The van der Waals surface area contributed by atoms with Crippen LogP contribution in [0.3, 0.4) is 0 Å². The van der Waals surface area contributed by atoms with Crippen molar-refractivity contribution in [2.75, 3.05) is 6.54 Å². The molecule has 0 aromatic heterocycles. The summed E-state index contributed by atoms with van der Waals surface area (Å²) in [5.74, 6) is 3.14. The molecule has 0 spiro atoms. The summed E-state index contributed by atoms with van der Waals surface area (Å²) in [7, 11) is 0. The molecule has 0 aliphatic heterocycles. The van der Waals surface area contributed by atoms with Gasteiger partial charge in [-0.25, -0.2) is 4.39 Å². The van der Waals surface area contributed by atoms with E-state index in [0.717, 1.165) is 13.0 Å². The maximum Gasteiger partial charge on any atom is 0.123 e. The molecule has 0 saturated heterocycles. The molecule has 1 N–H and O–H groups in total. The van der Waals surface area contributed by atoms with Crippen molar-refractivity contribution in [3.8, 4) is 12.3 Å². The van der Waals surface area contributed by atoms with Gasteiger partial charge in [0.05, 0.1) is 0 Å². The number of hydrogen-bond acceptors (Lipinski definition) is 1. The molecule has 0 radical (unpaired) electrons. The zero-order valence-electron chi connectivity index (χ0n) is 9.95. The van der Waals surface area contributed by atoms with E-state index in [1.54, 1.807) is 0 Å². The molecular formula is C15H18FN. The highest BCUT2D eigenvalue weighted by Gasteiger charge is 2.27. The van der Waals surface area contributed by atoms with Crippen LogP contribution in [0.1, 0.15) is 37.3 Å². The molecule has 2 rings (SSSR count). The van der Waals surface area contributed by atoms with Gasteiger partial charge in [0.1, 0.15) is 5.82 Å². The van der Waals surface area contributed by atoms with Gasteiger partial charge in [-0.1, -0.05) is 18.6 Å². The standard InChI is InChI=1S/C15H18FN/c1-2-3-11-17-15(12-5-4-6-12)13-7-9-14(16)10-8-13/h1,7-10,12,15,17H,3-6,11H2. The second-order valence-corrected chi connectivity index (χ2v) is 4.63. The second kappa shape index (κ2) is 5.84. The molecule has 1 saturated carbocycles. The Balaban J connectivity index is 2.03. The molecule has 17 heavy (non-hydrogen) atoms. The van der Waals surface area contributed by atoms with Gasteiger partial charge in [0.25, 0.3) is 0 Å². The Morgan fingerprint density at radius 3 is 2.59 bits per heavy atom. The predicted octanol–water partition coefficient (Wildman–Crippen LogP) is 3.28. The summed E-state index contributed by atoms with van der Waals surface area (Å²) < 4.78 is 12.9. The number of rotatable bonds is 5. The van der Waals surface area contributed by atoms with Crippen LogP contribution in [0.25, 0.3) is 0 Å². The summed E-state index contributed by atoms with van der Waals surface area (Å²) in [6, 6.07) is 7.15. The van der Waals surface area contributed by atoms with E-state index in [9.17, 15) is 4.39 Å². The Kier molecular flexibility index (Phi) is 4.17. The van der Waals surface area contributed by atoms with Crippen LogP contribution in [0, 0.1) is 24.1 Å². The largest absolute Gasteiger partial charge is 0.309 e. The average molecular weight is 231 g/mol. The third-order valence-corrected chi connectivity index (χ3v) is 3.48. The van der Waals surface area contributed by atoms with Crippen molar-refractivity contribution < 1.29 is 4.39 Å². The second-order valence-electron chi connectivity index (χ2n) is 4.63. The molecular weight excluding hydrogens is 213 g/mol. The Morgan fingerprint density at radius 2 is 2.06 bits per heavy atom. The lowest BCUT2D eigenvalue weighted by Crippen LogP contribution is -2.32. The first kappa shape index (κ1) is 12.1. The first-order valence-electron chi connectivity index (χ1n) is 6.23. The minimum atomic E-state index is -0.176. The van der Waals surface area contributed by atoms with Crippen LogP contribution in [0.2, 0.25) is 0 Å². The summed E-state index contributed by atoms with van der Waals surface area (Å²) in [4.78, 5) is 0. The van der Waals surface area contributed by atoms with Gasteiger partial charge in [-0.15, -0.1) is 12.3 Å². The Hall–Kier alpha value is -1.33. The zero-order chi connectivity index (χ0) is 12.1. The molecule has 1 aromatic rings. The molecule has 1 atom stereocenters. The third kappa shape index (κ3) is 3.08. The lowest BCUT2D eigenvalue weighted by Gasteiger charge is -2.34. The van der Waals surface area contributed by atoms with Crippen molar-refractivity contribution in [2.45, 2.75) is 31.7 Å². The molecule has 1 fully saturated rings. The first-order valence-corrected chi connectivity index (χ1v) is 6.23. The average Bonchev–Trinajstić information content (AvgIpc) is 2.27. The van der Waals surface area contributed by atoms with Gasteiger partial charge in [0.2, 0.25) is 0 Å². The van der Waals surface area contributed by atoms with Gasteiger partial charge in [-0.05, 0) is 36.5 Å². The molecule has 90 valence electrons. The van der Waals surface area contributed by atoms with E-state index in [1.807, 2.05) is 12.1 Å². The number of nitrogens with one attached hydrogen (secondary N) is 1. The molecule has 0 amide bonds. The minimum absolute atomic E-state index is 0.176. The maximum absolute atomic E-state index is 12.9. The van der Waals surface area contributed by atoms with Crippen LogP contribution in [-0.4, -0.2) is 6.54 Å². The highest BCUT2D eigenvalue weighted by Crippen LogP contribution is 2.37. The van der Waals surface area contributed by atoms with E-state index in [0.29, 0.717) is 12.0 Å². The van der Waals surface area contributed by atoms with E-state index >= 15 is 0 Å². The van der Waals surface area contributed by atoms with Crippen molar-refractivity contribution in [3.63, 3.8) is 0 Å². The Bertz CT molecular complexity index is 386. The van der Waals surface area contributed by atoms with E-state index < -0.39 is 0 Å². The highest BCUT2D eigenvalue weighted by atomic mass is 19.1.